The number of rotatable bonds is 2. The molecule has 7 nitrogen and oxygen atoms in total. The zero-order valence-electron chi connectivity index (χ0n) is 15.9. The van der Waals surface area contributed by atoms with E-state index in [-0.39, 0.29) is 29.2 Å². The molecular formula is C21H25N3O4. The molecule has 0 spiro atoms. The van der Waals surface area contributed by atoms with Gasteiger partial charge in [-0.15, -0.1) is 0 Å². The van der Waals surface area contributed by atoms with E-state index in [9.17, 15) is 14.4 Å². The Kier molecular flexibility index (Phi) is 5.32. The first-order valence-electron chi connectivity index (χ1n) is 9.99. The highest BCUT2D eigenvalue weighted by molar-refractivity contribution is 5.93. The summed E-state index contributed by atoms with van der Waals surface area (Å²) in [7, 11) is 0. The molecular weight excluding hydrogens is 358 g/mol. The molecule has 28 heavy (non-hydrogen) atoms. The fourth-order valence-corrected chi connectivity index (χ4v) is 3.99. The van der Waals surface area contributed by atoms with Crippen molar-refractivity contribution in [2.45, 2.75) is 38.1 Å². The topological polar surface area (TPSA) is 82.9 Å². The lowest BCUT2D eigenvalue weighted by atomic mass is 9.96. The average molecular weight is 383 g/mol. The van der Waals surface area contributed by atoms with Crippen molar-refractivity contribution in [3.63, 3.8) is 0 Å². The van der Waals surface area contributed by atoms with Gasteiger partial charge in [0.1, 0.15) is 5.58 Å². The molecule has 1 saturated carbocycles. The molecule has 2 aromatic rings. The molecule has 0 bridgehead atoms. The third-order valence-corrected chi connectivity index (χ3v) is 5.63. The van der Waals surface area contributed by atoms with Crippen molar-refractivity contribution in [3.8, 4) is 0 Å². The van der Waals surface area contributed by atoms with Crippen LogP contribution in [0.3, 0.4) is 0 Å². The molecule has 1 aromatic heterocycles. The number of nitrogens with one attached hydrogen (secondary N) is 1. The molecule has 0 atom stereocenters. The highest BCUT2D eigenvalue weighted by Crippen LogP contribution is 2.18. The number of nitrogens with zero attached hydrogens (tertiary/aromatic N) is 2. The summed E-state index contributed by atoms with van der Waals surface area (Å²) in [5.74, 6) is -0.265. The quantitative estimate of drug-likeness (QED) is 0.864. The summed E-state index contributed by atoms with van der Waals surface area (Å²) in [5.41, 5.74) is 0.180. The average Bonchev–Trinajstić information content (AvgIpc) is 2.74. The van der Waals surface area contributed by atoms with Crippen molar-refractivity contribution in [1.82, 2.24) is 15.1 Å². The number of piperazine rings is 1. The molecule has 2 fully saturated rings. The van der Waals surface area contributed by atoms with Gasteiger partial charge in [0, 0.05) is 38.3 Å². The lowest BCUT2D eigenvalue weighted by molar-refractivity contribution is 0.0632. The monoisotopic (exact) mass is 383 g/mol. The highest BCUT2D eigenvalue weighted by atomic mass is 16.3. The maximum Gasteiger partial charge on any atom is 0.317 e. The zero-order chi connectivity index (χ0) is 19.5. The Morgan fingerprint density at radius 3 is 2.39 bits per heavy atom. The molecule has 3 amide bonds. The van der Waals surface area contributed by atoms with Crippen molar-refractivity contribution in [1.29, 1.82) is 0 Å². The van der Waals surface area contributed by atoms with Crippen LogP contribution in [0.2, 0.25) is 0 Å². The van der Waals surface area contributed by atoms with Gasteiger partial charge in [0.15, 0.2) is 11.2 Å². The predicted molar refractivity (Wildman–Crippen MR) is 105 cm³/mol. The van der Waals surface area contributed by atoms with Crippen LogP contribution in [0.25, 0.3) is 11.0 Å². The Labute approximate surface area is 163 Å². The number of fused-ring (bicyclic) bond motifs is 1. The summed E-state index contributed by atoms with van der Waals surface area (Å²) >= 11 is 0. The molecule has 4 rings (SSSR count). The largest absolute Gasteiger partial charge is 0.451 e. The molecule has 1 aliphatic heterocycles. The molecule has 2 aliphatic rings. The summed E-state index contributed by atoms with van der Waals surface area (Å²) in [6.07, 6.45) is 5.68. The minimum atomic E-state index is -0.310. The van der Waals surface area contributed by atoms with E-state index in [1.54, 1.807) is 34.1 Å². The number of benzene rings is 1. The van der Waals surface area contributed by atoms with E-state index in [0.29, 0.717) is 37.1 Å². The van der Waals surface area contributed by atoms with Gasteiger partial charge in [-0.25, -0.2) is 4.79 Å². The van der Waals surface area contributed by atoms with Crippen LogP contribution >= 0.6 is 0 Å². The van der Waals surface area contributed by atoms with Crippen LogP contribution in [-0.2, 0) is 0 Å². The molecule has 0 unspecified atom stereocenters. The van der Waals surface area contributed by atoms with E-state index in [1.165, 1.54) is 25.3 Å². The first-order valence-corrected chi connectivity index (χ1v) is 9.99. The Morgan fingerprint density at radius 1 is 0.964 bits per heavy atom. The number of urea groups is 1. The van der Waals surface area contributed by atoms with E-state index < -0.39 is 0 Å². The fourth-order valence-electron chi connectivity index (χ4n) is 3.99. The van der Waals surface area contributed by atoms with Gasteiger partial charge in [-0.2, -0.15) is 0 Å². The van der Waals surface area contributed by atoms with E-state index in [0.717, 1.165) is 12.8 Å². The van der Waals surface area contributed by atoms with E-state index in [2.05, 4.69) is 5.32 Å². The van der Waals surface area contributed by atoms with Crippen LogP contribution in [-0.4, -0.2) is 54.0 Å². The molecule has 0 radical (unpaired) electrons. The van der Waals surface area contributed by atoms with Gasteiger partial charge in [0.2, 0.25) is 0 Å². The highest BCUT2D eigenvalue weighted by Gasteiger charge is 2.27. The maximum atomic E-state index is 12.8. The number of hydrogen-bond acceptors (Lipinski definition) is 4. The summed E-state index contributed by atoms with van der Waals surface area (Å²) in [4.78, 5) is 40.8. The molecule has 7 heteroatoms. The van der Waals surface area contributed by atoms with Crippen molar-refractivity contribution >= 4 is 22.9 Å². The first-order chi connectivity index (χ1) is 13.6. The van der Waals surface area contributed by atoms with Gasteiger partial charge in [-0.05, 0) is 25.0 Å². The van der Waals surface area contributed by atoms with Crippen molar-refractivity contribution in [2.75, 3.05) is 26.2 Å². The molecule has 2 heterocycles. The summed E-state index contributed by atoms with van der Waals surface area (Å²) in [6, 6.07) is 8.37. The number of para-hydroxylation sites is 1. The first kappa shape index (κ1) is 18.5. The van der Waals surface area contributed by atoms with Gasteiger partial charge in [-0.1, -0.05) is 31.4 Å². The van der Waals surface area contributed by atoms with Gasteiger partial charge >= 0.3 is 6.03 Å². The fraction of sp³-hybridized carbons (Fsp3) is 0.476. The number of carbonyl (C=O) groups excluding carboxylic acids is 2. The standard InChI is InChI=1S/C21H25N3O4/c25-17-14-19(28-18-9-5-4-8-16(17)18)20(26)23-10-12-24(13-11-23)21(27)22-15-6-2-1-3-7-15/h4-5,8-9,14-15H,1-3,6-7,10-13H2,(H,22,27). The minimum absolute atomic E-state index is 0.0452. The van der Waals surface area contributed by atoms with E-state index in [4.69, 9.17) is 4.42 Å². The summed E-state index contributed by atoms with van der Waals surface area (Å²) in [6.45, 7) is 1.80. The van der Waals surface area contributed by atoms with Crippen LogP contribution in [0.15, 0.2) is 39.5 Å². The van der Waals surface area contributed by atoms with Crippen LogP contribution in [0.1, 0.15) is 42.7 Å². The molecule has 1 aromatic carbocycles. The van der Waals surface area contributed by atoms with Gasteiger partial charge in [-0.3, -0.25) is 9.59 Å². The minimum Gasteiger partial charge on any atom is -0.451 e. The third-order valence-electron chi connectivity index (χ3n) is 5.63. The Bertz CT molecular complexity index is 925. The SMILES string of the molecule is O=C(NC1CCCCC1)N1CCN(C(=O)c2cc(=O)c3ccccc3o2)CC1. The van der Waals surface area contributed by atoms with Gasteiger partial charge in [0.25, 0.3) is 5.91 Å². The Balaban J connectivity index is 1.37. The lowest BCUT2D eigenvalue weighted by Crippen LogP contribution is -2.54. The number of amides is 3. The van der Waals surface area contributed by atoms with Gasteiger partial charge < -0.3 is 19.5 Å². The predicted octanol–water partition coefficient (Wildman–Crippen LogP) is 2.59. The molecule has 1 N–H and O–H groups in total. The summed E-state index contributed by atoms with van der Waals surface area (Å²) in [5, 5.41) is 3.58. The second-order valence-electron chi connectivity index (χ2n) is 7.53. The normalized spacial score (nSPS) is 18.3. The van der Waals surface area contributed by atoms with Crippen LogP contribution in [0.4, 0.5) is 4.79 Å². The number of hydrogen-bond donors (Lipinski definition) is 1. The molecule has 1 aliphatic carbocycles. The van der Waals surface area contributed by atoms with Gasteiger partial charge in [0.05, 0.1) is 5.39 Å². The lowest BCUT2D eigenvalue weighted by Gasteiger charge is -2.35. The van der Waals surface area contributed by atoms with Crippen molar-refractivity contribution in [2.24, 2.45) is 0 Å². The van der Waals surface area contributed by atoms with Crippen LogP contribution in [0, 0.1) is 0 Å². The van der Waals surface area contributed by atoms with Crippen molar-refractivity contribution < 1.29 is 14.0 Å². The van der Waals surface area contributed by atoms with E-state index >= 15 is 0 Å². The second-order valence-corrected chi connectivity index (χ2v) is 7.53. The van der Waals surface area contributed by atoms with Crippen LogP contribution in [0.5, 0.6) is 0 Å². The summed E-state index contributed by atoms with van der Waals surface area (Å²) < 4.78 is 5.65. The molecule has 1 saturated heterocycles. The Hall–Kier alpha value is -2.83. The maximum absolute atomic E-state index is 12.8. The zero-order valence-corrected chi connectivity index (χ0v) is 15.9. The Morgan fingerprint density at radius 2 is 1.64 bits per heavy atom. The second kappa shape index (κ2) is 8.04. The van der Waals surface area contributed by atoms with Crippen molar-refractivity contribution in [3.05, 3.63) is 46.3 Å². The van der Waals surface area contributed by atoms with Crippen LogP contribution < -0.4 is 10.7 Å². The molecule has 148 valence electrons. The smallest absolute Gasteiger partial charge is 0.317 e. The number of carbonyl (C=O) groups is 2. The van der Waals surface area contributed by atoms with E-state index in [1.807, 2.05) is 0 Å². The third kappa shape index (κ3) is 3.88.